The molecule has 0 N–H and O–H groups in total. The zero-order chi connectivity index (χ0) is 20.1. The maximum absolute atomic E-state index is 14.4. The second-order valence-electron chi connectivity index (χ2n) is 6.42. The predicted octanol–water partition coefficient (Wildman–Crippen LogP) is 4.85. The molecule has 0 atom stereocenters. The molecule has 0 amide bonds. The average molecular weight is 459 g/mol. The van der Waals surface area contributed by atoms with E-state index in [9.17, 15) is 9.18 Å². The molecule has 0 saturated carbocycles. The van der Waals surface area contributed by atoms with E-state index in [4.69, 9.17) is 0 Å². The number of methoxy groups -OCH3 is 1. The van der Waals surface area contributed by atoms with Gasteiger partial charge in [-0.1, -0.05) is 0 Å². The number of esters is 1. The van der Waals surface area contributed by atoms with Gasteiger partial charge in [0.1, 0.15) is 0 Å². The van der Waals surface area contributed by atoms with E-state index in [-0.39, 0.29) is 0 Å². The first-order chi connectivity index (χ1) is 13.5. The fraction of sp³-hybridized carbons (Fsp3) is 0.0870. The van der Waals surface area contributed by atoms with Gasteiger partial charge in [-0.2, -0.15) is 0 Å². The Morgan fingerprint density at radius 1 is 0.857 bits per heavy atom. The van der Waals surface area contributed by atoms with Gasteiger partial charge in [0.2, 0.25) is 0 Å². The zero-order valence-electron chi connectivity index (χ0n) is 15.5. The number of carbonyl (C=O) groups is 1. The van der Waals surface area contributed by atoms with E-state index in [0.29, 0.717) is 6.16 Å². The van der Waals surface area contributed by atoms with Crippen LogP contribution in [0, 0.1) is 0 Å². The molecule has 0 fully saturated rings. The van der Waals surface area contributed by atoms with Crippen LogP contribution in [0.5, 0.6) is 0 Å². The molecule has 0 heterocycles. The van der Waals surface area contributed by atoms with E-state index in [0.717, 1.165) is 15.9 Å². The van der Waals surface area contributed by atoms with Crippen molar-refractivity contribution in [2.24, 2.45) is 0 Å². The van der Waals surface area contributed by atoms with E-state index in [1.54, 1.807) is 0 Å². The van der Waals surface area contributed by atoms with Gasteiger partial charge in [0.05, 0.1) is 0 Å². The van der Waals surface area contributed by atoms with Crippen LogP contribution in [0.4, 0.5) is 4.39 Å². The van der Waals surface area contributed by atoms with Crippen LogP contribution in [0.3, 0.4) is 0 Å². The molecule has 0 aliphatic carbocycles. The Kier molecular flexibility index (Phi) is 6.12. The molecule has 0 saturated heterocycles. The van der Waals surface area contributed by atoms with Crippen molar-refractivity contribution in [3.05, 3.63) is 103 Å². The van der Waals surface area contributed by atoms with Crippen molar-refractivity contribution < 1.29 is 13.9 Å². The first kappa shape index (κ1) is 20.4. The number of rotatable bonds is 6. The molecule has 0 unspecified atom stereocenters. The van der Waals surface area contributed by atoms with Crippen LogP contribution >= 0.6 is 20.8 Å². The third-order valence-corrected chi connectivity index (χ3v) is 14.4. The van der Waals surface area contributed by atoms with Gasteiger partial charge in [0, 0.05) is 0 Å². The number of hydrogen-bond donors (Lipinski definition) is 0. The molecular weight excluding hydrogens is 438 g/mol. The van der Waals surface area contributed by atoms with E-state index in [1.807, 2.05) is 54.6 Å². The molecule has 2 nitrogen and oxygen atoms in total. The summed E-state index contributed by atoms with van der Waals surface area (Å²) in [5.74, 6) is -1.86. The van der Waals surface area contributed by atoms with Gasteiger partial charge in [-0.25, -0.2) is 0 Å². The van der Waals surface area contributed by atoms with Crippen LogP contribution in [0.1, 0.15) is 0 Å². The van der Waals surface area contributed by atoms with E-state index in [1.165, 1.54) is 13.2 Å². The van der Waals surface area contributed by atoms with Gasteiger partial charge >= 0.3 is 173 Å². The van der Waals surface area contributed by atoms with Gasteiger partial charge in [0.25, 0.3) is 0 Å². The molecule has 0 aromatic heterocycles. The molecular formula is C23H21BrFO2P. The predicted molar refractivity (Wildman–Crippen MR) is 120 cm³/mol. The van der Waals surface area contributed by atoms with Gasteiger partial charge < -0.3 is 0 Å². The van der Waals surface area contributed by atoms with Crippen molar-refractivity contribution in [3.63, 3.8) is 0 Å². The van der Waals surface area contributed by atoms with Crippen molar-refractivity contribution in [2.75, 3.05) is 13.3 Å². The van der Waals surface area contributed by atoms with E-state index in [2.05, 4.69) is 56.6 Å². The Bertz CT molecular complexity index is 876. The van der Waals surface area contributed by atoms with Crippen molar-refractivity contribution >= 4 is 42.7 Å². The number of hydrogen-bond acceptors (Lipinski definition) is 2. The summed E-state index contributed by atoms with van der Waals surface area (Å²) in [7, 11) is 1.18. The van der Waals surface area contributed by atoms with Crippen molar-refractivity contribution in [1.82, 2.24) is 0 Å². The number of allylic oxidation sites excluding steroid dienone is 1. The topological polar surface area (TPSA) is 26.3 Å². The summed E-state index contributed by atoms with van der Waals surface area (Å²) in [6, 6.07) is 30.0. The molecule has 5 heteroatoms. The van der Waals surface area contributed by atoms with Crippen LogP contribution in [0.2, 0.25) is 0 Å². The van der Waals surface area contributed by atoms with Gasteiger partial charge in [0.15, 0.2) is 0 Å². The minimum absolute atomic E-state index is 0.296. The second kappa shape index (κ2) is 8.38. The summed E-state index contributed by atoms with van der Waals surface area (Å²) >= 11 is 4.18. The van der Waals surface area contributed by atoms with Gasteiger partial charge in [-0.05, 0) is 0 Å². The van der Waals surface area contributed by atoms with Crippen molar-refractivity contribution in [3.8, 4) is 0 Å². The number of carbonyl (C=O) groups excluding carboxylic acids is 1. The molecule has 3 rings (SSSR count). The van der Waals surface area contributed by atoms with Gasteiger partial charge in [-0.3, -0.25) is 0 Å². The van der Waals surface area contributed by atoms with Crippen LogP contribution in [-0.4, -0.2) is 19.2 Å². The number of benzene rings is 3. The molecule has 0 spiro atoms. The quantitative estimate of drug-likeness (QED) is 0.299. The first-order valence-corrected chi connectivity index (χ1v) is 13.3. The molecule has 28 heavy (non-hydrogen) atoms. The SMILES string of the molecule is COC(=O)/C(F)=C/CP(Br)(c1ccccc1)(c1ccccc1)c1ccccc1. The molecule has 0 aliphatic rings. The van der Waals surface area contributed by atoms with Crippen LogP contribution in [0.15, 0.2) is 103 Å². The van der Waals surface area contributed by atoms with Crippen molar-refractivity contribution in [2.45, 2.75) is 0 Å². The molecule has 0 radical (unpaired) electrons. The van der Waals surface area contributed by atoms with Gasteiger partial charge in [-0.15, -0.1) is 0 Å². The van der Waals surface area contributed by atoms with Crippen LogP contribution in [-0.2, 0) is 9.53 Å². The third-order valence-electron chi connectivity index (χ3n) is 4.88. The summed E-state index contributed by atoms with van der Waals surface area (Å²) in [5, 5.41) is -0.104. The Balaban J connectivity index is 2.35. The molecule has 3 aromatic rings. The normalized spacial score (nSPS) is 13.4. The Labute approximate surface area is 172 Å². The molecule has 144 valence electrons. The first-order valence-electron chi connectivity index (χ1n) is 8.84. The third kappa shape index (κ3) is 3.55. The minimum atomic E-state index is -3.27. The summed E-state index contributed by atoms with van der Waals surface area (Å²) in [4.78, 5) is 11.7. The Morgan fingerprint density at radius 2 is 1.21 bits per heavy atom. The Morgan fingerprint density at radius 3 is 1.54 bits per heavy atom. The standard InChI is InChI=1S/C23H21BrFO2P/c1-27-23(26)22(25)17-18-28(24,19-11-5-2-6-12-19,20-13-7-3-8-14-20)21-15-9-4-10-16-21/h2-17H,18H2,1H3/b22-17-. The number of ether oxygens (including phenoxy) is 1. The number of halogens is 2. The monoisotopic (exact) mass is 458 g/mol. The second-order valence-corrected chi connectivity index (χ2v) is 15.4. The average Bonchev–Trinajstić information content (AvgIpc) is 2.78. The molecule has 0 aliphatic heterocycles. The Hall–Kier alpha value is -2.29. The maximum atomic E-state index is 14.4. The molecule has 0 bridgehead atoms. The summed E-state index contributed by atoms with van der Waals surface area (Å²) in [6.45, 7) is 0. The van der Waals surface area contributed by atoms with E-state index >= 15 is 0 Å². The summed E-state index contributed by atoms with van der Waals surface area (Å²) in [6.07, 6.45) is 1.63. The van der Waals surface area contributed by atoms with Crippen LogP contribution in [0.25, 0.3) is 0 Å². The summed E-state index contributed by atoms with van der Waals surface area (Å²) < 4.78 is 19.0. The van der Waals surface area contributed by atoms with E-state index < -0.39 is 17.1 Å². The summed E-state index contributed by atoms with van der Waals surface area (Å²) in [5.41, 5.74) is 0. The molecule has 3 aromatic carbocycles. The fourth-order valence-corrected chi connectivity index (χ4v) is 10.4. The van der Waals surface area contributed by atoms with Crippen LogP contribution < -0.4 is 15.9 Å². The fourth-order valence-electron chi connectivity index (χ4n) is 3.41. The zero-order valence-corrected chi connectivity index (χ0v) is 17.9. The van der Waals surface area contributed by atoms with Crippen molar-refractivity contribution in [1.29, 1.82) is 0 Å².